The number of hydrogen-bond acceptors (Lipinski definition) is 4. The minimum absolute atomic E-state index is 0.141. The van der Waals surface area contributed by atoms with Crippen LogP contribution in [-0.2, 0) is 14.8 Å². The highest BCUT2D eigenvalue weighted by Crippen LogP contribution is 2.14. The monoisotopic (exact) mass is 348 g/mol. The van der Waals surface area contributed by atoms with Crippen molar-refractivity contribution >= 4 is 27.6 Å². The smallest absolute Gasteiger partial charge is 0.240 e. The van der Waals surface area contributed by atoms with Gasteiger partial charge in [0.2, 0.25) is 10.0 Å². The fourth-order valence-electron chi connectivity index (χ4n) is 1.58. The molecule has 1 aromatic carbocycles. The van der Waals surface area contributed by atoms with Gasteiger partial charge in [-0.05, 0) is 18.2 Å². The summed E-state index contributed by atoms with van der Waals surface area (Å²) in [7, 11) is -0.312. The topological polar surface area (TPSA) is 91.8 Å². The molecule has 0 aliphatic carbocycles. The van der Waals surface area contributed by atoms with Gasteiger partial charge in [0.15, 0.2) is 5.96 Å². The van der Waals surface area contributed by atoms with E-state index in [1.54, 1.807) is 26.3 Å². The molecular formula is C13H21ClN4O3S. The summed E-state index contributed by atoms with van der Waals surface area (Å²) in [5.74, 6) is 0.582. The number of hydrogen-bond donors (Lipinski definition) is 3. The highest BCUT2D eigenvalue weighted by atomic mass is 35.5. The van der Waals surface area contributed by atoms with Crippen LogP contribution in [0.25, 0.3) is 0 Å². The average Bonchev–Trinajstić information content (AvgIpc) is 2.50. The highest BCUT2D eigenvalue weighted by Gasteiger charge is 2.13. The van der Waals surface area contributed by atoms with Crippen molar-refractivity contribution in [2.45, 2.75) is 4.90 Å². The number of rotatable bonds is 8. The van der Waals surface area contributed by atoms with Gasteiger partial charge in [0.1, 0.15) is 0 Å². The van der Waals surface area contributed by atoms with Gasteiger partial charge in [0.25, 0.3) is 0 Å². The molecule has 0 fully saturated rings. The number of halogens is 1. The van der Waals surface area contributed by atoms with E-state index in [9.17, 15) is 8.42 Å². The largest absolute Gasteiger partial charge is 0.383 e. The van der Waals surface area contributed by atoms with Crippen LogP contribution < -0.4 is 15.4 Å². The first-order chi connectivity index (χ1) is 10.5. The van der Waals surface area contributed by atoms with Gasteiger partial charge in [-0.25, -0.2) is 13.1 Å². The van der Waals surface area contributed by atoms with Gasteiger partial charge in [0, 0.05) is 38.8 Å². The Morgan fingerprint density at radius 2 is 2.00 bits per heavy atom. The molecule has 9 heteroatoms. The number of methoxy groups -OCH3 is 1. The fraction of sp³-hybridized carbons (Fsp3) is 0.462. The summed E-state index contributed by atoms with van der Waals surface area (Å²) in [6.45, 7) is 1.79. The fourth-order valence-corrected chi connectivity index (χ4v) is 2.91. The Morgan fingerprint density at radius 1 is 1.27 bits per heavy atom. The Kier molecular flexibility index (Phi) is 8.18. The van der Waals surface area contributed by atoms with Crippen molar-refractivity contribution in [3.8, 4) is 0 Å². The van der Waals surface area contributed by atoms with E-state index >= 15 is 0 Å². The number of benzene rings is 1. The average molecular weight is 349 g/mol. The highest BCUT2D eigenvalue weighted by molar-refractivity contribution is 7.89. The Labute approximate surface area is 136 Å². The molecule has 0 atom stereocenters. The first-order valence-electron chi connectivity index (χ1n) is 6.68. The Morgan fingerprint density at radius 3 is 2.64 bits per heavy atom. The molecule has 0 aliphatic heterocycles. The van der Waals surface area contributed by atoms with Crippen molar-refractivity contribution in [2.75, 3.05) is 40.4 Å². The number of aliphatic imine (C=N–C) groups is 1. The van der Waals surface area contributed by atoms with Gasteiger partial charge in [-0.15, -0.1) is 0 Å². The van der Waals surface area contributed by atoms with Gasteiger partial charge in [0.05, 0.1) is 11.5 Å². The maximum absolute atomic E-state index is 12.0. The van der Waals surface area contributed by atoms with Crippen LogP contribution in [0.5, 0.6) is 0 Å². The lowest BCUT2D eigenvalue weighted by Gasteiger charge is -2.12. The molecule has 22 heavy (non-hydrogen) atoms. The summed E-state index contributed by atoms with van der Waals surface area (Å²) >= 11 is 5.79. The predicted molar refractivity (Wildman–Crippen MR) is 87.9 cm³/mol. The summed E-state index contributed by atoms with van der Waals surface area (Å²) in [4.78, 5) is 4.15. The molecule has 0 radical (unpaired) electrons. The second kappa shape index (κ2) is 9.62. The van der Waals surface area contributed by atoms with E-state index in [4.69, 9.17) is 16.3 Å². The van der Waals surface area contributed by atoms with Crippen molar-refractivity contribution in [1.29, 1.82) is 0 Å². The summed E-state index contributed by atoms with van der Waals surface area (Å²) in [5.41, 5.74) is 0. The molecule has 1 aromatic rings. The van der Waals surface area contributed by atoms with E-state index in [0.29, 0.717) is 30.7 Å². The molecule has 3 N–H and O–H groups in total. The molecule has 124 valence electrons. The lowest BCUT2D eigenvalue weighted by molar-refractivity contribution is 0.203. The molecule has 0 aliphatic rings. The molecular weight excluding hydrogens is 328 g/mol. The lowest BCUT2D eigenvalue weighted by Crippen LogP contribution is -2.42. The summed E-state index contributed by atoms with van der Waals surface area (Å²) in [6.07, 6.45) is 0. The Balaban J connectivity index is 2.40. The van der Waals surface area contributed by atoms with Crippen LogP contribution in [0.15, 0.2) is 34.2 Å². The minimum atomic E-state index is -3.56. The van der Waals surface area contributed by atoms with Crippen LogP contribution >= 0.6 is 11.6 Å². The molecule has 0 unspecified atom stereocenters. The third-order valence-electron chi connectivity index (χ3n) is 2.64. The van der Waals surface area contributed by atoms with Crippen molar-refractivity contribution < 1.29 is 13.2 Å². The summed E-state index contributed by atoms with van der Waals surface area (Å²) in [6, 6.07) is 6.12. The van der Waals surface area contributed by atoms with Gasteiger partial charge in [-0.3, -0.25) is 4.99 Å². The number of nitrogens with one attached hydrogen (secondary N) is 3. The van der Waals surface area contributed by atoms with Crippen LogP contribution in [0.1, 0.15) is 0 Å². The maximum Gasteiger partial charge on any atom is 0.240 e. The molecule has 0 aromatic heterocycles. The molecule has 0 saturated carbocycles. The number of nitrogens with zero attached hydrogens (tertiary/aromatic N) is 1. The standard InChI is InChI=1S/C13H21ClN4O3S/c1-15-13(17-8-9-21-2)16-6-7-18-22(19,20)12-5-3-4-11(14)10-12/h3-5,10,18H,6-9H2,1-2H3,(H2,15,16,17). The van der Waals surface area contributed by atoms with E-state index in [1.165, 1.54) is 12.1 Å². The van der Waals surface area contributed by atoms with E-state index in [0.717, 1.165) is 0 Å². The van der Waals surface area contributed by atoms with E-state index in [-0.39, 0.29) is 11.4 Å². The molecule has 1 rings (SSSR count). The van der Waals surface area contributed by atoms with Crippen LogP contribution in [-0.4, -0.2) is 54.8 Å². The van der Waals surface area contributed by atoms with Crippen molar-refractivity contribution in [1.82, 2.24) is 15.4 Å². The summed E-state index contributed by atoms with van der Waals surface area (Å²) < 4.78 is 31.5. The Hall–Kier alpha value is -1.35. The quantitative estimate of drug-likeness (QED) is 0.360. The Bertz CT molecular complexity index is 593. The van der Waals surface area contributed by atoms with Crippen LogP contribution in [0.4, 0.5) is 0 Å². The minimum Gasteiger partial charge on any atom is -0.383 e. The molecule has 0 heterocycles. The first-order valence-corrected chi connectivity index (χ1v) is 8.54. The van der Waals surface area contributed by atoms with Gasteiger partial charge < -0.3 is 15.4 Å². The van der Waals surface area contributed by atoms with Crippen molar-refractivity contribution in [3.05, 3.63) is 29.3 Å². The second-order valence-electron chi connectivity index (χ2n) is 4.27. The first kappa shape index (κ1) is 18.7. The second-order valence-corrected chi connectivity index (χ2v) is 6.48. The zero-order valence-electron chi connectivity index (χ0n) is 12.6. The molecule has 0 spiro atoms. The van der Waals surface area contributed by atoms with Crippen molar-refractivity contribution in [2.24, 2.45) is 4.99 Å². The van der Waals surface area contributed by atoms with Crippen LogP contribution in [0.2, 0.25) is 5.02 Å². The van der Waals surface area contributed by atoms with Gasteiger partial charge >= 0.3 is 0 Å². The zero-order valence-corrected chi connectivity index (χ0v) is 14.2. The summed E-state index contributed by atoms with van der Waals surface area (Å²) in [5, 5.41) is 6.40. The molecule has 0 amide bonds. The van der Waals surface area contributed by atoms with Crippen LogP contribution in [0, 0.1) is 0 Å². The SMILES string of the molecule is CN=C(NCCNS(=O)(=O)c1cccc(Cl)c1)NCCOC. The lowest BCUT2D eigenvalue weighted by atomic mass is 10.4. The normalized spacial score (nSPS) is 12.2. The third-order valence-corrected chi connectivity index (χ3v) is 4.33. The zero-order chi connectivity index (χ0) is 16.4. The van der Waals surface area contributed by atoms with E-state index in [2.05, 4.69) is 20.3 Å². The third kappa shape index (κ3) is 6.61. The van der Waals surface area contributed by atoms with E-state index in [1.807, 2.05) is 0 Å². The van der Waals surface area contributed by atoms with Crippen LogP contribution in [0.3, 0.4) is 0 Å². The molecule has 0 bridgehead atoms. The van der Waals surface area contributed by atoms with Crippen molar-refractivity contribution in [3.63, 3.8) is 0 Å². The van der Waals surface area contributed by atoms with Gasteiger partial charge in [-0.2, -0.15) is 0 Å². The molecule has 7 nitrogen and oxygen atoms in total. The predicted octanol–water partition coefficient (Wildman–Crippen LogP) is 0.430. The number of guanidine groups is 1. The van der Waals surface area contributed by atoms with Gasteiger partial charge in [-0.1, -0.05) is 17.7 Å². The maximum atomic E-state index is 12.0. The number of sulfonamides is 1. The van der Waals surface area contributed by atoms with E-state index < -0.39 is 10.0 Å². The number of ether oxygens (including phenoxy) is 1. The molecule has 0 saturated heterocycles.